The quantitative estimate of drug-likeness (QED) is 0.820. The third kappa shape index (κ3) is 4.55. The summed E-state index contributed by atoms with van der Waals surface area (Å²) >= 11 is 0. The number of nitrogens with one attached hydrogen (secondary N) is 1. The second-order valence-corrected chi connectivity index (χ2v) is 5.67. The van der Waals surface area contributed by atoms with E-state index < -0.39 is 17.1 Å². The predicted octanol–water partition coefficient (Wildman–Crippen LogP) is 3.05. The van der Waals surface area contributed by atoms with E-state index in [4.69, 9.17) is 0 Å². The minimum absolute atomic E-state index is 0.246. The van der Waals surface area contributed by atoms with Gasteiger partial charge in [-0.3, -0.25) is 9.59 Å². The van der Waals surface area contributed by atoms with Crippen molar-refractivity contribution in [2.45, 2.75) is 33.6 Å². The van der Waals surface area contributed by atoms with Crippen molar-refractivity contribution >= 4 is 17.5 Å². The number of nitrogens with zero attached hydrogens (tertiary/aromatic N) is 1. The summed E-state index contributed by atoms with van der Waals surface area (Å²) in [5.41, 5.74) is -0.855. The number of unbranched alkanes of at least 4 members (excludes halogenated alkanes) is 1. The minimum atomic E-state index is -1.20. The Morgan fingerprint density at radius 3 is 2.57 bits per heavy atom. The highest BCUT2D eigenvalue weighted by Gasteiger charge is 2.38. The minimum Gasteiger partial charge on any atom is -0.345 e. The standard InChI is InChI=1S/C16H23FN2O2/c1-5-6-10-19(4)15(21)16(2,3)14(20)18-13-9-7-8-12(17)11-13/h7-9,11H,5-6,10H2,1-4H3,(H,18,20). The molecule has 0 saturated heterocycles. The van der Waals surface area contributed by atoms with Crippen molar-refractivity contribution in [3.63, 3.8) is 0 Å². The number of carbonyl (C=O) groups excluding carboxylic acids is 2. The van der Waals surface area contributed by atoms with Crippen LogP contribution in [0.5, 0.6) is 0 Å². The fourth-order valence-corrected chi connectivity index (χ4v) is 1.92. The summed E-state index contributed by atoms with van der Waals surface area (Å²) in [5, 5.41) is 2.59. The Kier molecular flexibility index (Phi) is 5.88. The Morgan fingerprint density at radius 2 is 2.00 bits per heavy atom. The predicted molar refractivity (Wildman–Crippen MR) is 81.4 cm³/mol. The molecule has 1 rings (SSSR count). The average Bonchev–Trinajstić information content (AvgIpc) is 2.43. The number of amides is 2. The molecule has 0 aliphatic carbocycles. The number of carbonyl (C=O) groups is 2. The van der Waals surface area contributed by atoms with E-state index in [9.17, 15) is 14.0 Å². The van der Waals surface area contributed by atoms with Crippen LogP contribution in [0.1, 0.15) is 33.6 Å². The lowest BCUT2D eigenvalue weighted by molar-refractivity contribution is -0.145. The van der Waals surface area contributed by atoms with Crippen molar-refractivity contribution in [3.8, 4) is 0 Å². The first-order valence-corrected chi connectivity index (χ1v) is 7.11. The average molecular weight is 294 g/mol. The summed E-state index contributed by atoms with van der Waals surface area (Å²) in [6, 6.07) is 5.61. The smallest absolute Gasteiger partial charge is 0.239 e. The summed E-state index contributed by atoms with van der Waals surface area (Å²) in [4.78, 5) is 26.2. The number of hydrogen-bond acceptors (Lipinski definition) is 2. The third-order valence-corrected chi connectivity index (χ3v) is 3.38. The lowest BCUT2D eigenvalue weighted by Crippen LogP contribution is -2.46. The topological polar surface area (TPSA) is 49.4 Å². The van der Waals surface area contributed by atoms with E-state index >= 15 is 0 Å². The second-order valence-electron chi connectivity index (χ2n) is 5.67. The van der Waals surface area contributed by atoms with Crippen LogP contribution in [-0.2, 0) is 9.59 Å². The van der Waals surface area contributed by atoms with E-state index in [-0.39, 0.29) is 5.91 Å². The molecule has 0 unspecified atom stereocenters. The van der Waals surface area contributed by atoms with Gasteiger partial charge in [-0.15, -0.1) is 0 Å². The van der Waals surface area contributed by atoms with Gasteiger partial charge in [-0.05, 0) is 38.5 Å². The molecule has 0 atom stereocenters. The van der Waals surface area contributed by atoms with Gasteiger partial charge in [0.2, 0.25) is 11.8 Å². The van der Waals surface area contributed by atoms with Gasteiger partial charge in [0.1, 0.15) is 11.2 Å². The van der Waals surface area contributed by atoms with Gasteiger partial charge >= 0.3 is 0 Å². The van der Waals surface area contributed by atoms with Crippen molar-refractivity contribution < 1.29 is 14.0 Å². The van der Waals surface area contributed by atoms with Crippen LogP contribution in [0, 0.1) is 11.2 Å². The normalized spacial score (nSPS) is 11.1. The molecule has 1 aromatic rings. The fourth-order valence-electron chi connectivity index (χ4n) is 1.92. The van der Waals surface area contributed by atoms with E-state index in [2.05, 4.69) is 5.32 Å². The van der Waals surface area contributed by atoms with Gasteiger partial charge in [0.25, 0.3) is 0 Å². The molecule has 1 N–H and O–H groups in total. The molecular formula is C16H23FN2O2. The van der Waals surface area contributed by atoms with Gasteiger partial charge in [0.05, 0.1) is 0 Å². The van der Waals surface area contributed by atoms with Gasteiger partial charge < -0.3 is 10.2 Å². The highest BCUT2D eigenvalue weighted by Crippen LogP contribution is 2.22. The van der Waals surface area contributed by atoms with Crippen LogP contribution in [-0.4, -0.2) is 30.3 Å². The molecule has 0 heterocycles. The lowest BCUT2D eigenvalue weighted by atomic mass is 9.90. The van der Waals surface area contributed by atoms with Crippen LogP contribution in [0.3, 0.4) is 0 Å². The Labute approximate surface area is 125 Å². The Morgan fingerprint density at radius 1 is 1.33 bits per heavy atom. The number of rotatable bonds is 6. The summed E-state index contributed by atoms with van der Waals surface area (Å²) < 4.78 is 13.1. The molecule has 4 nitrogen and oxygen atoms in total. The van der Waals surface area contributed by atoms with Crippen LogP contribution in [0.25, 0.3) is 0 Å². The molecule has 0 saturated carbocycles. The number of benzene rings is 1. The molecule has 0 aromatic heterocycles. The summed E-state index contributed by atoms with van der Waals surface area (Å²) in [6.45, 7) is 5.81. The van der Waals surface area contributed by atoms with E-state index in [0.717, 1.165) is 12.8 Å². The Hall–Kier alpha value is -1.91. The van der Waals surface area contributed by atoms with Crippen molar-refractivity contribution in [2.24, 2.45) is 5.41 Å². The Bertz CT molecular complexity index is 515. The maximum atomic E-state index is 13.1. The highest BCUT2D eigenvalue weighted by atomic mass is 19.1. The maximum absolute atomic E-state index is 13.1. The van der Waals surface area contributed by atoms with Crippen LogP contribution in [0.4, 0.5) is 10.1 Å². The van der Waals surface area contributed by atoms with Crippen molar-refractivity contribution in [1.82, 2.24) is 4.90 Å². The zero-order valence-corrected chi connectivity index (χ0v) is 13.1. The molecule has 1 aromatic carbocycles. The van der Waals surface area contributed by atoms with E-state index in [1.807, 2.05) is 6.92 Å². The molecule has 21 heavy (non-hydrogen) atoms. The number of anilines is 1. The summed E-state index contributed by atoms with van der Waals surface area (Å²) in [5.74, 6) is -1.12. The van der Waals surface area contributed by atoms with Gasteiger partial charge in [-0.1, -0.05) is 19.4 Å². The lowest BCUT2D eigenvalue weighted by Gasteiger charge is -2.28. The maximum Gasteiger partial charge on any atom is 0.239 e. The summed E-state index contributed by atoms with van der Waals surface area (Å²) in [6.07, 6.45) is 1.87. The fraction of sp³-hybridized carbons (Fsp3) is 0.500. The molecule has 116 valence electrons. The molecule has 0 fully saturated rings. The third-order valence-electron chi connectivity index (χ3n) is 3.38. The molecular weight excluding hydrogens is 271 g/mol. The van der Waals surface area contributed by atoms with Gasteiger partial charge in [0.15, 0.2) is 0 Å². The number of halogens is 1. The zero-order valence-electron chi connectivity index (χ0n) is 13.1. The monoisotopic (exact) mass is 294 g/mol. The van der Waals surface area contributed by atoms with E-state index in [1.54, 1.807) is 31.9 Å². The first kappa shape index (κ1) is 17.1. The highest BCUT2D eigenvalue weighted by molar-refractivity contribution is 6.09. The number of hydrogen-bond donors (Lipinski definition) is 1. The molecule has 0 aliphatic rings. The Balaban J connectivity index is 2.76. The largest absolute Gasteiger partial charge is 0.345 e. The van der Waals surface area contributed by atoms with Crippen molar-refractivity contribution in [2.75, 3.05) is 18.9 Å². The summed E-state index contributed by atoms with van der Waals surface area (Å²) in [7, 11) is 1.69. The van der Waals surface area contributed by atoms with Crippen LogP contribution >= 0.6 is 0 Å². The van der Waals surface area contributed by atoms with E-state index in [1.165, 1.54) is 18.2 Å². The van der Waals surface area contributed by atoms with Crippen molar-refractivity contribution in [3.05, 3.63) is 30.1 Å². The first-order chi connectivity index (χ1) is 9.78. The van der Waals surface area contributed by atoms with Crippen molar-refractivity contribution in [1.29, 1.82) is 0 Å². The van der Waals surface area contributed by atoms with E-state index in [0.29, 0.717) is 12.2 Å². The molecule has 0 bridgehead atoms. The van der Waals surface area contributed by atoms with Crippen LogP contribution in [0.15, 0.2) is 24.3 Å². The zero-order chi connectivity index (χ0) is 16.0. The first-order valence-electron chi connectivity index (χ1n) is 7.11. The van der Waals surface area contributed by atoms with Gasteiger partial charge in [0, 0.05) is 19.3 Å². The molecule has 0 radical (unpaired) electrons. The SMILES string of the molecule is CCCCN(C)C(=O)C(C)(C)C(=O)Nc1cccc(F)c1. The van der Waals surface area contributed by atoms with Crippen LogP contribution < -0.4 is 5.32 Å². The molecule has 0 spiro atoms. The van der Waals surface area contributed by atoms with Gasteiger partial charge in [-0.25, -0.2) is 4.39 Å². The molecule has 5 heteroatoms. The van der Waals surface area contributed by atoms with Crippen LogP contribution in [0.2, 0.25) is 0 Å². The molecule has 2 amide bonds. The van der Waals surface area contributed by atoms with Gasteiger partial charge in [-0.2, -0.15) is 0 Å². The molecule has 0 aliphatic heterocycles. The second kappa shape index (κ2) is 7.20.